The van der Waals surface area contributed by atoms with Gasteiger partial charge < -0.3 is 19.2 Å². The minimum absolute atomic E-state index is 0.0376. The molecule has 0 aromatic carbocycles. The van der Waals surface area contributed by atoms with Gasteiger partial charge in [0.05, 0.1) is 39.1 Å². The molecule has 1 aliphatic rings. The number of hydrogen-bond donors (Lipinski definition) is 1. The number of methoxy groups -OCH3 is 1. The van der Waals surface area contributed by atoms with Crippen molar-refractivity contribution in [3.8, 4) is 0 Å². The van der Waals surface area contributed by atoms with Crippen LogP contribution in [0.5, 0.6) is 0 Å². The summed E-state index contributed by atoms with van der Waals surface area (Å²) in [5.41, 5.74) is -1.01. The van der Waals surface area contributed by atoms with Crippen LogP contribution in [0.1, 0.15) is 31.1 Å². The molecule has 9 heteroatoms. The maximum atomic E-state index is 12.4. The number of hydrogen-bond acceptors (Lipinski definition) is 7. The summed E-state index contributed by atoms with van der Waals surface area (Å²) in [6.07, 6.45) is 0.591. The molecule has 1 fully saturated rings. The van der Waals surface area contributed by atoms with Crippen LogP contribution in [0.3, 0.4) is 0 Å². The molecule has 0 radical (unpaired) electrons. The smallest absolute Gasteiger partial charge is 0.412 e. The molecule has 0 bridgehead atoms. The van der Waals surface area contributed by atoms with E-state index in [-0.39, 0.29) is 16.8 Å². The van der Waals surface area contributed by atoms with Crippen LogP contribution >= 0.6 is 0 Å². The summed E-state index contributed by atoms with van der Waals surface area (Å²) in [6.45, 7) is 7.13. The summed E-state index contributed by atoms with van der Waals surface area (Å²) < 4.78 is 16.5. The zero-order valence-corrected chi connectivity index (χ0v) is 14.8. The van der Waals surface area contributed by atoms with Crippen LogP contribution in [-0.4, -0.2) is 55.8 Å². The van der Waals surface area contributed by atoms with Gasteiger partial charge in [-0.1, -0.05) is 0 Å². The van der Waals surface area contributed by atoms with Crippen LogP contribution in [0.2, 0.25) is 0 Å². The fourth-order valence-corrected chi connectivity index (χ4v) is 2.30. The zero-order chi connectivity index (χ0) is 18.6. The number of nitrogens with one attached hydrogen (secondary N) is 1. The van der Waals surface area contributed by atoms with Gasteiger partial charge in [-0.25, -0.2) is 14.3 Å². The molecule has 1 amide bonds. The number of carbonyl (C=O) groups excluding carboxylic acids is 2. The molecule has 9 nitrogen and oxygen atoms in total. The van der Waals surface area contributed by atoms with Crippen LogP contribution in [0.25, 0.3) is 0 Å². The van der Waals surface area contributed by atoms with Crippen LogP contribution < -0.4 is 15.9 Å². The van der Waals surface area contributed by atoms with E-state index < -0.39 is 17.7 Å². The molecule has 0 aliphatic carbocycles. The van der Waals surface area contributed by atoms with Crippen molar-refractivity contribution in [1.82, 2.24) is 4.68 Å². The maximum Gasteiger partial charge on any atom is 0.412 e. The number of anilines is 1. The highest BCUT2D eigenvalue weighted by atomic mass is 16.6. The number of pyridine rings is 1. The molecule has 1 aromatic heterocycles. The molecular weight excluding hydrogens is 330 g/mol. The number of esters is 1. The molecule has 1 aliphatic heterocycles. The summed E-state index contributed by atoms with van der Waals surface area (Å²) >= 11 is 0. The van der Waals surface area contributed by atoms with Crippen LogP contribution in [0.4, 0.5) is 10.5 Å². The third-order valence-electron chi connectivity index (χ3n) is 3.37. The first kappa shape index (κ1) is 18.8. The average Bonchev–Trinajstić information content (AvgIpc) is 2.53. The van der Waals surface area contributed by atoms with Crippen molar-refractivity contribution in [2.45, 2.75) is 26.4 Å². The quantitative estimate of drug-likeness (QED) is 0.808. The third kappa shape index (κ3) is 4.96. The van der Waals surface area contributed by atoms with Crippen molar-refractivity contribution in [2.24, 2.45) is 0 Å². The number of carbonyl (C=O) groups is 2. The number of rotatable bonds is 3. The predicted octanol–water partition coefficient (Wildman–Crippen LogP) is 0.950. The number of morpholine rings is 1. The molecule has 1 aromatic rings. The Morgan fingerprint density at radius 1 is 1.24 bits per heavy atom. The van der Waals surface area contributed by atoms with Gasteiger partial charge in [-0.05, 0) is 20.8 Å². The van der Waals surface area contributed by atoms with Gasteiger partial charge in [0.1, 0.15) is 11.2 Å². The maximum absolute atomic E-state index is 12.4. The van der Waals surface area contributed by atoms with Gasteiger partial charge >= 0.3 is 12.1 Å². The lowest BCUT2D eigenvalue weighted by Crippen LogP contribution is -2.48. The van der Waals surface area contributed by atoms with E-state index in [4.69, 9.17) is 14.2 Å². The van der Waals surface area contributed by atoms with E-state index >= 15 is 0 Å². The lowest BCUT2D eigenvalue weighted by molar-refractivity contribution is 0.0600. The number of nitrogens with zero attached hydrogens (tertiary/aromatic N) is 2. The zero-order valence-electron chi connectivity index (χ0n) is 14.8. The van der Waals surface area contributed by atoms with E-state index in [1.54, 1.807) is 25.8 Å². The number of ether oxygens (including phenoxy) is 3. The van der Waals surface area contributed by atoms with E-state index in [9.17, 15) is 14.4 Å². The van der Waals surface area contributed by atoms with E-state index in [0.717, 1.165) is 0 Å². The molecule has 2 heterocycles. The fourth-order valence-electron chi connectivity index (χ4n) is 2.30. The number of amides is 1. The van der Waals surface area contributed by atoms with Crippen LogP contribution in [0, 0.1) is 0 Å². The lowest BCUT2D eigenvalue weighted by Gasteiger charge is -2.30. The van der Waals surface area contributed by atoms with Gasteiger partial charge in [0.15, 0.2) is 0 Å². The Morgan fingerprint density at radius 3 is 2.44 bits per heavy atom. The second-order valence-corrected chi connectivity index (χ2v) is 6.47. The molecular formula is C16H23N3O6. The largest absolute Gasteiger partial charge is 0.465 e. The molecule has 0 atom stereocenters. The normalized spacial score (nSPS) is 14.8. The number of aromatic nitrogens is 1. The highest BCUT2D eigenvalue weighted by molar-refractivity contribution is 5.99. The van der Waals surface area contributed by atoms with Crippen molar-refractivity contribution in [2.75, 3.05) is 43.7 Å². The van der Waals surface area contributed by atoms with Gasteiger partial charge in [-0.15, -0.1) is 0 Å². The average molecular weight is 353 g/mol. The van der Waals surface area contributed by atoms with Gasteiger partial charge in [0.2, 0.25) is 0 Å². The molecule has 0 saturated carbocycles. The highest BCUT2D eigenvalue weighted by Crippen LogP contribution is 2.16. The van der Waals surface area contributed by atoms with E-state index in [2.05, 4.69) is 5.32 Å². The SMILES string of the molecule is COC(=O)c1cn(N2CCOCC2)c(=O)cc1NC(=O)OC(C)(C)C. The Balaban J connectivity index is 2.35. The molecule has 138 valence electrons. The van der Waals surface area contributed by atoms with E-state index in [1.165, 1.54) is 24.0 Å². The fraction of sp³-hybridized carbons (Fsp3) is 0.562. The van der Waals surface area contributed by atoms with Gasteiger partial charge in [0.25, 0.3) is 5.56 Å². The minimum Gasteiger partial charge on any atom is -0.465 e. The second kappa shape index (κ2) is 7.56. The van der Waals surface area contributed by atoms with Crippen molar-refractivity contribution in [3.63, 3.8) is 0 Å². The van der Waals surface area contributed by atoms with E-state index in [0.29, 0.717) is 26.3 Å². The summed E-state index contributed by atoms with van der Waals surface area (Å²) in [6, 6.07) is 1.17. The standard InChI is InChI=1S/C16H23N3O6/c1-16(2,3)25-15(22)17-12-9-13(20)19(10-11(12)14(21)23-4)18-5-7-24-8-6-18/h9-10H,5-8H2,1-4H3,(H,17,22). The molecule has 0 spiro atoms. The molecule has 1 saturated heterocycles. The predicted molar refractivity (Wildman–Crippen MR) is 90.7 cm³/mol. The van der Waals surface area contributed by atoms with Gasteiger partial charge in [-0.3, -0.25) is 10.1 Å². The summed E-state index contributed by atoms with van der Waals surface area (Å²) in [5, 5.41) is 4.19. The summed E-state index contributed by atoms with van der Waals surface area (Å²) in [5.74, 6) is -0.673. The first-order valence-electron chi connectivity index (χ1n) is 7.89. The molecule has 2 rings (SSSR count). The summed E-state index contributed by atoms with van der Waals surface area (Å²) in [4.78, 5) is 36.4. The van der Waals surface area contributed by atoms with Crippen molar-refractivity contribution < 1.29 is 23.8 Å². The van der Waals surface area contributed by atoms with Gasteiger partial charge in [-0.2, -0.15) is 0 Å². The Labute approximate surface area is 145 Å². The van der Waals surface area contributed by atoms with E-state index in [1.807, 2.05) is 0 Å². The second-order valence-electron chi connectivity index (χ2n) is 6.47. The first-order chi connectivity index (χ1) is 11.7. The summed E-state index contributed by atoms with van der Waals surface area (Å²) in [7, 11) is 1.23. The monoisotopic (exact) mass is 353 g/mol. The third-order valence-corrected chi connectivity index (χ3v) is 3.37. The van der Waals surface area contributed by atoms with Crippen LogP contribution in [-0.2, 0) is 14.2 Å². The molecule has 1 N–H and O–H groups in total. The first-order valence-corrected chi connectivity index (χ1v) is 7.89. The highest BCUT2D eigenvalue weighted by Gasteiger charge is 2.22. The Kier molecular flexibility index (Phi) is 5.68. The molecule has 25 heavy (non-hydrogen) atoms. The van der Waals surface area contributed by atoms with Crippen molar-refractivity contribution in [3.05, 3.63) is 28.2 Å². The van der Waals surface area contributed by atoms with Crippen molar-refractivity contribution >= 4 is 17.7 Å². The Bertz CT molecular complexity index is 701. The minimum atomic E-state index is -0.763. The van der Waals surface area contributed by atoms with Crippen molar-refractivity contribution in [1.29, 1.82) is 0 Å². The lowest BCUT2D eigenvalue weighted by atomic mass is 10.2. The van der Waals surface area contributed by atoms with Crippen LogP contribution in [0.15, 0.2) is 17.1 Å². The Hall–Kier alpha value is -2.55. The molecule has 0 unspecified atom stereocenters. The Morgan fingerprint density at radius 2 is 1.88 bits per heavy atom. The van der Waals surface area contributed by atoms with Gasteiger partial charge in [0, 0.05) is 12.3 Å². The topological polar surface area (TPSA) is 99.1 Å².